The molecule has 0 unspecified atom stereocenters. The van der Waals surface area contributed by atoms with E-state index in [0.29, 0.717) is 5.75 Å². The summed E-state index contributed by atoms with van der Waals surface area (Å²) in [5.74, 6) is 1.19. The predicted octanol–water partition coefficient (Wildman–Crippen LogP) is 4.33. The number of unbranched alkanes of at least 4 members (excludes halogenated alkanes) is 9. The van der Waals surface area contributed by atoms with Gasteiger partial charge in [0.05, 0.1) is 6.61 Å². The molecule has 0 atom stereocenters. The van der Waals surface area contributed by atoms with Crippen LogP contribution in [-0.2, 0) is 0 Å². The van der Waals surface area contributed by atoms with Crippen molar-refractivity contribution >= 4 is 7.32 Å². The molecule has 0 saturated heterocycles. The van der Waals surface area contributed by atoms with Crippen molar-refractivity contribution in [2.75, 3.05) is 6.61 Å². The van der Waals surface area contributed by atoms with Gasteiger partial charge in [-0.05, 0) is 30.7 Å². The summed E-state index contributed by atoms with van der Waals surface area (Å²) in [6.07, 6.45) is 13.1. The molecule has 1 rings (SSSR count). The van der Waals surface area contributed by atoms with Gasteiger partial charge in [-0.2, -0.15) is 0 Å². The van der Waals surface area contributed by atoms with Crippen LogP contribution in [0.3, 0.4) is 0 Å². The van der Waals surface area contributed by atoms with E-state index >= 15 is 0 Å². The standard InChI is InChI=1S/C18H31BO4/c1-2-3-4-5-6-7-8-9-10-11-16-22-17-12-14-18(15-13-17)23-19(20)21/h12-15,20-21H,2-11,16H2,1H3. The second-order valence-electron chi connectivity index (χ2n) is 5.95. The van der Waals surface area contributed by atoms with Crippen LogP contribution in [-0.4, -0.2) is 24.0 Å². The Morgan fingerprint density at radius 3 is 1.74 bits per heavy atom. The smallest absolute Gasteiger partial charge is 0.512 e. The summed E-state index contributed by atoms with van der Waals surface area (Å²) in [7, 11) is -1.78. The maximum Gasteiger partial charge on any atom is 0.707 e. The molecule has 0 aliphatic heterocycles. The zero-order chi connectivity index (χ0) is 16.8. The number of hydrogen-bond acceptors (Lipinski definition) is 4. The lowest BCUT2D eigenvalue weighted by molar-refractivity contribution is 0.286. The molecule has 0 amide bonds. The Morgan fingerprint density at radius 1 is 0.739 bits per heavy atom. The fourth-order valence-corrected chi connectivity index (χ4v) is 2.52. The van der Waals surface area contributed by atoms with Gasteiger partial charge >= 0.3 is 7.32 Å². The van der Waals surface area contributed by atoms with Crippen molar-refractivity contribution in [1.29, 1.82) is 0 Å². The molecule has 0 aliphatic rings. The molecule has 0 aliphatic carbocycles. The fourth-order valence-electron chi connectivity index (χ4n) is 2.52. The maximum atomic E-state index is 8.69. The molecular weight excluding hydrogens is 291 g/mol. The minimum atomic E-state index is -1.78. The van der Waals surface area contributed by atoms with Crippen LogP contribution >= 0.6 is 0 Å². The van der Waals surface area contributed by atoms with Gasteiger partial charge < -0.3 is 19.4 Å². The second kappa shape index (κ2) is 13.3. The summed E-state index contributed by atoms with van der Waals surface area (Å²) in [6, 6.07) is 6.86. The Balaban J connectivity index is 1.94. The molecule has 130 valence electrons. The van der Waals surface area contributed by atoms with Crippen LogP contribution < -0.4 is 9.39 Å². The highest BCUT2D eigenvalue weighted by molar-refractivity contribution is 6.33. The molecule has 0 aromatic heterocycles. The summed E-state index contributed by atoms with van der Waals surface area (Å²) in [5, 5.41) is 17.4. The molecule has 0 saturated carbocycles. The first-order valence-electron chi connectivity index (χ1n) is 8.98. The van der Waals surface area contributed by atoms with Gasteiger partial charge in [-0.25, -0.2) is 0 Å². The molecule has 0 spiro atoms. The molecule has 0 heterocycles. The van der Waals surface area contributed by atoms with Crippen molar-refractivity contribution in [2.45, 2.75) is 71.1 Å². The molecular formula is C18H31BO4. The number of ether oxygens (including phenoxy) is 1. The van der Waals surface area contributed by atoms with Gasteiger partial charge in [-0.15, -0.1) is 0 Å². The van der Waals surface area contributed by atoms with Crippen LogP contribution in [0.1, 0.15) is 71.1 Å². The lowest BCUT2D eigenvalue weighted by Gasteiger charge is -2.08. The van der Waals surface area contributed by atoms with Crippen molar-refractivity contribution in [2.24, 2.45) is 0 Å². The quantitative estimate of drug-likeness (QED) is 0.395. The fraction of sp³-hybridized carbons (Fsp3) is 0.667. The first-order valence-corrected chi connectivity index (χ1v) is 8.98. The Morgan fingerprint density at radius 2 is 1.22 bits per heavy atom. The van der Waals surface area contributed by atoms with Gasteiger partial charge in [0.15, 0.2) is 0 Å². The molecule has 1 aromatic carbocycles. The first-order chi connectivity index (χ1) is 11.2. The van der Waals surface area contributed by atoms with E-state index in [2.05, 4.69) is 6.92 Å². The number of hydrogen-bond donors (Lipinski definition) is 2. The maximum absolute atomic E-state index is 8.69. The highest BCUT2D eigenvalue weighted by Crippen LogP contribution is 2.18. The lowest BCUT2D eigenvalue weighted by Crippen LogP contribution is -2.20. The molecule has 0 fully saturated rings. The van der Waals surface area contributed by atoms with E-state index in [1.807, 2.05) is 0 Å². The molecule has 4 nitrogen and oxygen atoms in total. The topological polar surface area (TPSA) is 58.9 Å². The summed E-state index contributed by atoms with van der Waals surface area (Å²) < 4.78 is 10.4. The SMILES string of the molecule is CCCCCCCCCCCCOc1ccc(OB(O)O)cc1. The monoisotopic (exact) mass is 322 g/mol. The second-order valence-corrected chi connectivity index (χ2v) is 5.95. The van der Waals surface area contributed by atoms with Gasteiger partial charge in [0.2, 0.25) is 0 Å². The zero-order valence-corrected chi connectivity index (χ0v) is 14.4. The molecule has 0 radical (unpaired) electrons. The van der Waals surface area contributed by atoms with Crippen LogP contribution in [0.5, 0.6) is 11.5 Å². The van der Waals surface area contributed by atoms with Crippen molar-refractivity contribution in [3.05, 3.63) is 24.3 Å². The van der Waals surface area contributed by atoms with E-state index < -0.39 is 7.32 Å². The third-order valence-corrected chi connectivity index (χ3v) is 3.83. The zero-order valence-electron chi connectivity index (χ0n) is 14.4. The molecule has 2 N–H and O–H groups in total. The Hall–Kier alpha value is -1.20. The van der Waals surface area contributed by atoms with E-state index in [9.17, 15) is 0 Å². The van der Waals surface area contributed by atoms with Crippen molar-refractivity contribution in [3.8, 4) is 11.5 Å². The average molecular weight is 322 g/mol. The van der Waals surface area contributed by atoms with E-state index in [-0.39, 0.29) is 0 Å². The van der Waals surface area contributed by atoms with E-state index in [1.165, 1.54) is 57.8 Å². The highest BCUT2D eigenvalue weighted by atomic mass is 16.6. The lowest BCUT2D eigenvalue weighted by atomic mass is 10.1. The van der Waals surface area contributed by atoms with E-state index in [1.54, 1.807) is 24.3 Å². The van der Waals surface area contributed by atoms with Gasteiger partial charge in [-0.3, -0.25) is 0 Å². The van der Waals surface area contributed by atoms with E-state index in [0.717, 1.165) is 18.8 Å². The minimum absolute atomic E-state index is 0.409. The summed E-state index contributed by atoms with van der Waals surface area (Å²) in [4.78, 5) is 0. The third kappa shape index (κ3) is 11.0. The molecule has 23 heavy (non-hydrogen) atoms. The Bertz CT molecular complexity index is 381. The van der Waals surface area contributed by atoms with Crippen molar-refractivity contribution in [3.63, 3.8) is 0 Å². The third-order valence-electron chi connectivity index (χ3n) is 3.83. The van der Waals surface area contributed by atoms with Crippen LogP contribution in [0, 0.1) is 0 Å². The van der Waals surface area contributed by atoms with Crippen LogP contribution in [0.4, 0.5) is 0 Å². The minimum Gasteiger partial charge on any atom is -0.512 e. The number of rotatable bonds is 14. The number of benzene rings is 1. The average Bonchev–Trinajstić information content (AvgIpc) is 2.53. The summed E-state index contributed by atoms with van der Waals surface area (Å²) >= 11 is 0. The normalized spacial score (nSPS) is 10.6. The highest BCUT2D eigenvalue weighted by Gasteiger charge is 2.10. The van der Waals surface area contributed by atoms with Crippen molar-refractivity contribution in [1.82, 2.24) is 0 Å². The van der Waals surface area contributed by atoms with Crippen LogP contribution in [0.15, 0.2) is 24.3 Å². The summed E-state index contributed by atoms with van der Waals surface area (Å²) in [5.41, 5.74) is 0. The van der Waals surface area contributed by atoms with Crippen molar-refractivity contribution < 1.29 is 19.4 Å². The van der Waals surface area contributed by atoms with Crippen LogP contribution in [0.25, 0.3) is 0 Å². The first kappa shape index (κ1) is 19.9. The van der Waals surface area contributed by atoms with Gasteiger partial charge in [-0.1, -0.05) is 64.7 Å². The Labute approximate surface area is 141 Å². The van der Waals surface area contributed by atoms with Gasteiger partial charge in [0.25, 0.3) is 0 Å². The van der Waals surface area contributed by atoms with Gasteiger partial charge in [0.1, 0.15) is 11.5 Å². The molecule has 5 heteroatoms. The Kier molecular flexibility index (Phi) is 11.4. The van der Waals surface area contributed by atoms with Crippen LogP contribution in [0.2, 0.25) is 0 Å². The summed E-state index contributed by atoms with van der Waals surface area (Å²) in [6.45, 7) is 2.98. The largest absolute Gasteiger partial charge is 0.707 e. The van der Waals surface area contributed by atoms with Gasteiger partial charge in [0, 0.05) is 0 Å². The molecule has 1 aromatic rings. The molecule has 0 bridgehead atoms. The predicted molar refractivity (Wildman–Crippen MR) is 94.6 cm³/mol. The van der Waals surface area contributed by atoms with E-state index in [4.69, 9.17) is 19.4 Å².